The molecule has 1 atom stereocenters. The van der Waals surface area contributed by atoms with Gasteiger partial charge in [0.25, 0.3) is 0 Å². The average molecular weight is 395 g/mol. The molecule has 5 nitrogen and oxygen atoms in total. The van der Waals surface area contributed by atoms with Gasteiger partial charge in [-0.3, -0.25) is 4.79 Å². The van der Waals surface area contributed by atoms with Crippen molar-refractivity contribution in [3.05, 3.63) is 11.6 Å². The summed E-state index contributed by atoms with van der Waals surface area (Å²) in [6, 6.07) is 0. The number of rotatable bonds is 10. The van der Waals surface area contributed by atoms with E-state index >= 15 is 0 Å². The van der Waals surface area contributed by atoms with E-state index in [9.17, 15) is 9.90 Å². The molecule has 0 aromatic heterocycles. The number of aliphatic hydroxyl groups is 1. The fourth-order valence-corrected chi connectivity index (χ4v) is 4.41. The van der Waals surface area contributed by atoms with Crippen molar-refractivity contribution in [3.8, 4) is 0 Å². The Morgan fingerprint density at radius 3 is 2.21 bits per heavy atom. The van der Waals surface area contributed by atoms with Crippen LogP contribution in [0, 0.1) is 11.8 Å². The molecule has 0 aliphatic heterocycles. The Kier molecular flexibility index (Phi) is 7.57. The van der Waals surface area contributed by atoms with Crippen LogP contribution in [0.3, 0.4) is 0 Å². The lowest BCUT2D eigenvalue weighted by atomic mass is 9.72. The van der Waals surface area contributed by atoms with E-state index < -0.39 is 5.60 Å². The van der Waals surface area contributed by atoms with Gasteiger partial charge in [0.05, 0.1) is 24.7 Å². The van der Waals surface area contributed by atoms with Gasteiger partial charge in [-0.1, -0.05) is 11.6 Å². The van der Waals surface area contributed by atoms with E-state index in [1.807, 2.05) is 20.8 Å². The lowest BCUT2D eigenvalue weighted by molar-refractivity contribution is -0.153. The van der Waals surface area contributed by atoms with Gasteiger partial charge in [-0.15, -0.1) is 0 Å². The van der Waals surface area contributed by atoms with Gasteiger partial charge in [0.15, 0.2) is 0 Å². The quantitative estimate of drug-likeness (QED) is 0.445. The van der Waals surface area contributed by atoms with Crippen LogP contribution < -0.4 is 0 Å². The van der Waals surface area contributed by atoms with Crippen LogP contribution in [0.15, 0.2) is 11.6 Å². The summed E-state index contributed by atoms with van der Waals surface area (Å²) in [6.07, 6.45) is 11.3. The summed E-state index contributed by atoms with van der Waals surface area (Å²) < 4.78 is 17.2. The number of aliphatic hydroxyl groups excluding tert-OH is 1. The Labute approximate surface area is 169 Å². The second-order valence-electron chi connectivity index (χ2n) is 9.96. The molecular formula is C23H38O5. The van der Waals surface area contributed by atoms with Crippen molar-refractivity contribution < 1.29 is 24.1 Å². The van der Waals surface area contributed by atoms with Crippen LogP contribution >= 0.6 is 0 Å². The van der Waals surface area contributed by atoms with Gasteiger partial charge in [0.2, 0.25) is 0 Å². The molecule has 0 aromatic carbocycles. The van der Waals surface area contributed by atoms with Crippen molar-refractivity contribution in [2.24, 2.45) is 11.8 Å². The average Bonchev–Trinajstić information content (AvgIpc) is 2.95. The van der Waals surface area contributed by atoms with Gasteiger partial charge in [0, 0.05) is 13.2 Å². The summed E-state index contributed by atoms with van der Waals surface area (Å²) in [5.74, 6) is 1.46. The molecule has 3 rings (SSSR count). The number of ether oxygens (including phenoxy) is 3. The molecule has 2 fully saturated rings. The predicted molar refractivity (Wildman–Crippen MR) is 108 cm³/mol. The van der Waals surface area contributed by atoms with Gasteiger partial charge in [-0.25, -0.2) is 0 Å². The van der Waals surface area contributed by atoms with E-state index in [1.165, 1.54) is 12.8 Å². The zero-order valence-corrected chi connectivity index (χ0v) is 17.8. The number of hydrogen-bond donors (Lipinski definition) is 1. The maximum absolute atomic E-state index is 11.9. The van der Waals surface area contributed by atoms with E-state index in [-0.39, 0.29) is 18.2 Å². The maximum atomic E-state index is 11.9. The SMILES string of the molecule is CC(C)(C)OC(=O)CC1=CCC(OCCC2CC(CCOC3CC(O)C3)C2)C1. The number of carbonyl (C=O) groups is 1. The third kappa shape index (κ3) is 7.16. The highest BCUT2D eigenvalue weighted by Gasteiger charge is 2.31. The van der Waals surface area contributed by atoms with E-state index in [4.69, 9.17) is 14.2 Å². The van der Waals surface area contributed by atoms with Gasteiger partial charge in [0.1, 0.15) is 5.60 Å². The normalized spacial score (nSPS) is 32.4. The van der Waals surface area contributed by atoms with Crippen molar-refractivity contribution in [2.45, 2.75) is 102 Å². The Morgan fingerprint density at radius 2 is 1.64 bits per heavy atom. The summed E-state index contributed by atoms with van der Waals surface area (Å²) in [5, 5.41) is 9.26. The molecule has 0 aromatic rings. The standard InChI is InChI=1S/C23H38O5/c1-23(2,3)28-22(25)13-16-4-5-20(12-16)26-8-6-17-10-18(11-17)7-9-27-21-14-19(24)15-21/h4,17-21,24H,5-15H2,1-3H3. The Balaban J connectivity index is 1.17. The highest BCUT2D eigenvalue weighted by molar-refractivity contribution is 5.73. The molecule has 0 spiro atoms. The molecule has 2 saturated carbocycles. The monoisotopic (exact) mass is 394 g/mol. The van der Waals surface area contributed by atoms with Crippen LogP contribution in [0.25, 0.3) is 0 Å². The molecule has 0 radical (unpaired) electrons. The number of esters is 1. The fourth-order valence-electron chi connectivity index (χ4n) is 4.41. The predicted octanol–water partition coefficient (Wildman–Crippen LogP) is 4.17. The van der Waals surface area contributed by atoms with Crippen LogP contribution in [-0.4, -0.2) is 48.2 Å². The Bertz CT molecular complexity index is 538. The molecule has 1 N–H and O–H groups in total. The summed E-state index contributed by atoms with van der Waals surface area (Å²) in [4.78, 5) is 11.9. The van der Waals surface area contributed by atoms with Crippen LogP contribution in [0.5, 0.6) is 0 Å². The second-order valence-corrected chi connectivity index (χ2v) is 9.96. The largest absolute Gasteiger partial charge is 0.460 e. The highest BCUT2D eigenvalue weighted by Crippen LogP contribution is 2.39. The Hall–Kier alpha value is -0.910. The molecule has 160 valence electrons. The van der Waals surface area contributed by atoms with Crippen molar-refractivity contribution in [2.75, 3.05) is 13.2 Å². The molecule has 5 heteroatoms. The molecule has 28 heavy (non-hydrogen) atoms. The lowest BCUT2D eigenvalue weighted by Crippen LogP contribution is -2.36. The summed E-state index contributed by atoms with van der Waals surface area (Å²) in [5.41, 5.74) is 0.737. The smallest absolute Gasteiger partial charge is 0.310 e. The lowest BCUT2D eigenvalue weighted by Gasteiger charge is -2.37. The molecule has 1 unspecified atom stereocenters. The van der Waals surface area contributed by atoms with E-state index in [2.05, 4.69) is 6.08 Å². The Morgan fingerprint density at radius 1 is 1.04 bits per heavy atom. The van der Waals surface area contributed by atoms with Crippen LogP contribution in [0.4, 0.5) is 0 Å². The van der Waals surface area contributed by atoms with Gasteiger partial charge < -0.3 is 19.3 Å². The van der Waals surface area contributed by atoms with Gasteiger partial charge in [-0.05, 0) is 84.0 Å². The molecule has 0 amide bonds. The van der Waals surface area contributed by atoms with E-state index in [1.54, 1.807) is 0 Å². The molecule has 3 aliphatic rings. The van der Waals surface area contributed by atoms with E-state index in [0.717, 1.165) is 69.1 Å². The van der Waals surface area contributed by atoms with Crippen molar-refractivity contribution in [1.29, 1.82) is 0 Å². The summed E-state index contributed by atoms with van der Waals surface area (Å²) >= 11 is 0. The number of carbonyl (C=O) groups excluding carboxylic acids is 1. The van der Waals surface area contributed by atoms with Gasteiger partial charge >= 0.3 is 5.97 Å². The summed E-state index contributed by atoms with van der Waals surface area (Å²) in [7, 11) is 0. The van der Waals surface area contributed by atoms with Crippen molar-refractivity contribution in [3.63, 3.8) is 0 Å². The molecule has 0 bridgehead atoms. The van der Waals surface area contributed by atoms with Crippen LogP contribution in [0.1, 0.15) is 78.6 Å². The number of hydrogen-bond acceptors (Lipinski definition) is 5. The third-order valence-electron chi connectivity index (χ3n) is 6.11. The molecular weight excluding hydrogens is 356 g/mol. The first-order chi connectivity index (χ1) is 13.3. The minimum absolute atomic E-state index is 0.124. The topological polar surface area (TPSA) is 65.0 Å². The minimum Gasteiger partial charge on any atom is -0.460 e. The van der Waals surface area contributed by atoms with Gasteiger partial charge in [-0.2, -0.15) is 0 Å². The first-order valence-electron chi connectivity index (χ1n) is 11.1. The fraction of sp³-hybridized carbons (Fsp3) is 0.870. The molecule has 0 heterocycles. The molecule has 0 saturated heterocycles. The van der Waals surface area contributed by atoms with Crippen LogP contribution in [-0.2, 0) is 19.0 Å². The van der Waals surface area contributed by atoms with Crippen molar-refractivity contribution in [1.82, 2.24) is 0 Å². The van der Waals surface area contributed by atoms with E-state index in [0.29, 0.717) is 12.5 Å². The first kappa shape index (κ1) is 21.8. The van der Waals surface area contributed by atoms with Crippen molar-refractivity contribution >= 4 is 5.97 Å². The second kappa shape index (κ2) is 9.73. The summed E-state index contributed by atoms with van der Waals surface area (Å²) in [6.45, 7) is 7.37. The van der Waals surface area contributed by atoms with Crippen LogP contribution in [0.2, 0.25) is 0 Å². The first-order valence-corrected chi connectivity index (χ1v) is 11.1. The molecule has 3 aliphatic carbocycles. The minimum atomic E-state index is -0.418. The maximum Gasteiger partial charge on any atom is 0.310 e. The third-order valence-corrected chi connectivity index (χ3v) is 6.11. The zero-order valence-electron chi connectivity index (χ0n) is 17.8. The highest BCUT2D eigenvalue weighted by atomic mass is 16.6. The zero-order chi connectivity index (χ0) is 20.1.